The fourth-order valence-corrected chi connectivity index (χ4v) is 2.66. The predicted octanol–water partition coefficient (Wildman–Crippen LogP) is 4.42. The molecule has 0 spiro atoms. The highest BCUT2D eigenvalue weighted by molar-refractivity contribution is 6.38. The summed E-state index contributed by atoms with van der Waals surface area (Å²) >= 11 is 12.2. The van der Waals surface area contributed by atoms with Crippen molar-refractivity contribution in [2.75, 3.05) is 0 Å². The highest BCUT2D eigenvalue weighted by Gasteiger charge is 2.18. The van der Waals surface area contributed by atoms with Gasteiger partial charge in [0.2, 0.25) is 5.91 Å². The number of fused-ring (bicyclic) bond motifs is 1. The Hall–Kier alpha value is -1.19. The van der Waals surface area contributed by atoms with Crippen LogP contribution < -0.4 is 5.32 Å². The van der Waals surface area contributed by atoms with Crippen LogP contribution in [0.15, 0.2) is 24.4 Å². The number of halogens is 2. The van der Waals surface area contributed by atoms with Crippen molar-refractivity contribution in [1.29, 1.82) is 0 Å². The van der Waals surface area contributed by atoms with Crippen molar-refractivity contribution in [2.45, 2.75) is 39.3 Å². The van der Waals surface area contributed by atoms with Crippen molar-refractivity contribution >= 4 is 40.0 Å². The Bertz CT molecular complexity index is 636. The molecule has 1 aromatic carbocycles. The van der Waals surface area contributed by atoms with E-state index in [0.29, 0.717) is 10.0 Å². The van der Waals surface area contributed by atoms with Crippen LogP contribution in [0.3, 0.4) is 0 Å². The minimum Gasteiger partial charge on any atom is -0.352 e. The molecule has 1 amide bonds. The fourth-order valence-electron chi connectivity index (χ4n) is 2.11. The lowest BCUT2D eigenvalue weighted by Crippen LogP contribution is -2.36. The van der Waals surface area contributed by atoms with E-state index in [0.717, 1.165) is 17.3 Å². The predicted molar refractivity (Wildman–Crippen MR) is 84.6 cm³/mol. The molecular formula is C15H18Cl2N2O. The van der Waals surface area contributed by atoms with E-state index in [-0.39, 0.29) is 18.0 Å². The van der Waals surface area contributed by atoms with Crippen LogP contribution in [0.4, 0.5) is 0 Å². The molecule has 2 unspecified atom stereocenters. The third-order valence-electron chi connectivity index (χ3n) is 3.55. The molecule has 2 atom stereocenters. The van der Waals surface area contributed by atoms with Crippen molar-refractivity contribution in [3.63, 3.8) is 0 Å². The number of amides is 1. The van der Waals surface area contributed by atoms with Crippen molar-refractivity contribution in [3.05, 3.63) is 34.4 Å². The van der Waals surface area contributed by atoms with E-state index >= 15 is 0 Å². The lowest BCUT2D eigenvalue weighted by atomic mass is 10.2. The number of rotatable bonds is 4. The zero-order valence-electron chi connectivity index (χ0n) is 11.8. The van der Waals surface area contributed by atoms with Gasteiger partial charge in [-0.05, 0) is 38.5 Å². The van der Waals surface area contributed by atoms with E-state index in [1.54, 1.807) is 6.07 Å². The van der Waals surface area contributed by atoms with E-state index < -0.39 is 0 Å². The largest absolute Gasteiger partial charge is 0.352 e. The van der Waals surface area contributed by atoms with Crippen molar-refractivity contribution in [1.82, 2.24) is 9.88 Å². The second-order valence-corrected chi connectivity index (χ2v) is 5.88. The summed E-state index contributed by atoms with van der Waals surface area (Å²) in [6, 6.07) is 5.30. The number of carbonyl (C=O) groups excluding carboxylic acids is 1. The molecule has 0 saturated heterocycles. The van der Waals surface area contributed by atoms with Gasteiger partial charge in [-0.1, -0.05) is 30.1 Å². The summed E-state index contributed by atoms with van der Waals surface area (Å²) in [6.07, 6.45) is 2.77. The molecule has 5 heteroatoms. The Morgan fingerprint density at radius 3 is 2.70 bits per heavy atom. The molecule has 3 nitrogen and oxygen atoms in total. The lowest BCUT2D eigenvalue weighted by molar-refractivity contribution is -0.124. The number of hydrogen-bond acceptors (Lipinski definition) is 1. The van der Waals surface area contributed by atoms with Gasteiger partial charge in [0.05, 0.1) is 10.5 Å². The summed E-state index contributed by atoms with van der Waals surface area (Å²) in [5, 5.41) is 5.05. The number of hydrogen-bond donors (Lipinski definition) is 1. The van der Waals surface area contributed by atoms with E-state index in [9.17, 15) is 4.79 Å². The van der Waals surface area contributed by atoms with Crippen LogP contribution in [0.2, 0.25) is 10.0 Å². The van der Waals surface area contributed by atoms with Gasteiger partial charge in [-0.25, -0.2) is 0 Å². The molecule has 1 heterocycles. The fraction of sp³-hybridized carbons (Fsp3) is 0.400. The maximum Gasteiger partial charge on any atom is 0.242 e. The Morgan fingerprint density at radius 2 is 2.05 bits per heavy atom. The molecule has 0 aliphatic rings. The minimum absolute atomic E-state index is 0.00653. The Labute approximate surface area is 128 Å². The number of carbonyl (C=O) groups is 1. The molecule has 0 aliphatic heterocycles. The second-order valence-electron chi connectivity index (χ2n) is 5.04. The van der Waals surface area contributed by atoms with Gasteiger partial charge in [0.25, 0.3) is 0 Å². The first-order valence-electron chi connectivity index (χ1n) is 6.70. The van der Waals surface area contributed by atoms with Crippen LogP contribution in [0.5, 0.6) is 0 Å². The number of nitrogens with zero attached hydrogens (tertiary/aromatic N) is 1. The van der Waals surface area contributed by atoms with Crippen molar-refractivity contribution in [3.8, 4) is 0 Å². The molecule has 20 heavy (non-hydrogen) atoms. The molecule has 2 aromatic rings. The summed E-state index contributed by atoms with van der Waals surface area (Å²) in [4.78, 5) is 12.2. The average Bonchev–Trinajstić information content (AvgIpc) is 2.81. The van der Waals surface area contributed by atoms with Crippen molar-refractivity contribution in [2.24, 2.45) is 0 Å². The average molecular weight is 313 g/mol. The van der Waals surface area contributed by atoms with Crippen LogP contribution in [-0.4, -0.2) is 16.5 Å². The van der Waals surface area contributed by atoms with E-state index in [2.05, 4.69) is 5.32 Å². The van der Waals surface area contributed by atoms with Gasteiger partial charge in [0.1, 0.15) is 6.04 Å². The summed E-state index contributed by atoms with van der Waals surface area (Å²) in [6.45, 7) is 5.90. The molecule has 1 aromatic heterocycles. The van der Waals surface area contributed by atoms with Gasteiger partial charge in [0.15, 0.2) is 0 Å². The first-order chi connectivity index (χ1) is 9.43. The molecule has 0 aliphatic carbocycles. The van der Waals surface area contributed by atoms with E-state index in [1.807, 2.05) is 43.7 Å². The Balaban J connectivity index is 2.35. The summed E-state index contributed by atoms with van der Waals surface area (Å²) < 4.78 is 1.89. The van der Waals surface area contributed by atoms with Gasteiger partial charge in [-0.15, -0.1) is 0 Å². The Morgan fingerprint density at radius 1 is 1.35 bits per heavy atom. The maximum absolute atomic E-state index is 12.2. The lowest BCUT2D eigenvalue weighted by Gasteiger charge is -2.18. The SMILES string of the molecule is CCC(C)NC(=O)C(C)n1ccc2c(Cl)cc(Cl)cc21. The molecule has 0 saturated carbocycles. The molecule has 0 bridgehead atoms. The topological polar surface area (TPSA) is 34.0 Å². The first kappa shape index (κ1) is 15.2. The summed E-state index contributed by atoms with van der Waals surface area (Å²) in [7, 11) is 0. The zero-order chi connectivity index (χ0) is 14.9. The third kappa shape index (κ3) is 2.94. The van der Waals surface area contributed by atoms with Gasteiger partial charge in [-0.2, -0.15) is 0 Å². The monoisotopic (exact) mass is 312 g/mol. The quantitative estimate of drug-likeness (QED) is 0.890. The molecule has 1 N–H and O–H groups in total. The van der Waals surface area contributed by atoms with Crippen LogP contribution in [0.1, 0.15) is 33.2 Å². The summed E-state index contributed by atoms with van der Waals surface area (Å²) in [5.74, 6) is -0.00653. The third-order valence-corrected chi connectivity index (χ3v) is 4.08. The Kier molecular flexibility index (Phi) is 4.61. The van der Waals surface area contributed by atoms with Crippen LogP contribution >= 0.6 is 23.2 Å². The van der Waals surface area contributed by atoms with Crippen molar-refractivity contribution < 1.29 is 4.79 Å². The first-order valence-corrected chi connectivity index (χ1v) is 7.45. The standard InChI is InChI=1S/C15H18Cl2N2O/c1-4-9(2)18-15(20)10(3)19-6-5-12-13(17)7-11(16)8-14(12)19/h5-10H,4H2,1-3H3,(H,18,20). The highest BCUT2D eigenvalue weighted by atomic mass is 35.5. The van der Waals surface area contributed by atoms with Crippen LogP contribution in [-0.2, 0) is 4.79 Å². The van der Waals surface area contributed by atoms with Crippen LogP contribution in [0.25, 0.3) is 10.9 Å². The molecular weight excluding hydrogens is 295 g/mol. The van der Waals surface area contributed by atoms with Gasteiger partial charge >= 0.3 is 0 Å². The van der Waals surface area contributed by atoms with Gasteiger partial charge < -0.3 is 9.88 Å². The van der Waals surface area contributed by atoms with E-state index in [4.69, 9.17) is 23.2 Å². The molecule has 0 radical (unpaired) electrons. The normalized spacial score (nSPS) is 14.2. The number of nitrogens with one attached hydrogen (secondary N) is 1. The molecule has 0 fully saturated rings. The van der Waals surface area contributed by atoms with E-state index in [1.165, 1.54) is 0 Å². The number of benzene rings is 1. The van der Waals surface area contributed by atoms with Crippen LogP contribution in [0, 0.1) is 0 Å². The summed E-state index contributed by atoms with van der Waals surface area (Å²) in [5.41, 5.74) is 0.870. The van der Waals surface area contributed by atoms with Gasteiger partial charge in [0, 0.05) is 22.6 Å². The highest BCUT2D eigenvalue weighted by Crippen LogP contribution is 2.30. The maximum atomic E-state index is 12.2. The second kappa shape index (κ2) is 6.06. The molecule has 108 valence electrons. The van der Waals surface area contributed by atoms with Gasteiger partial charge in [-0.3, -0.25) is 4.79 Å². The minimum atomic E-state index is -0.309. The zero-order valence-corrected chi connectivity index (χ0v) is 13.3. The smallest absolute Gasteiger partial charge is 0.242 e. The molecule has 2 rings (SSSR count). The number of aromatic nitrogens is 1.